The quantitative estimate of drug-likeness (QED) is 0.372. The van der Waals surface area contributed by atoms with Gasteiger partial charge >= 0.3 is 5.69 Å². The highest BCUT2D eigenvalue weighted by molar-refractivity contribution is 7.80. The van der Waals surface area contributed by atoms with E-state index in [4.69, 9.17) is 17.0 Å². The summed E-state index contributed by atoms with van der Waals surface area (Å²) in [5.74, 6) is 0.217. The van der Waals surface area contributed by atoms with Gasteiger partial charge in [-0.3, -0.25) is 15.5 Å². The van der Waals surface area contributed by atoms with Crippen molar-refractivity contribution in [2.24, 2.45) is 5.10 Å². The van der Waals surface area contributed by atoms with Gasteiger partial charge in [0.1, 0.15) is 0 Å². The number of nitrogens with one attached hydrogen (secondary N) is 2. The van der Waals surface area contributed by atoms with Gasteiger partial charge in [0.05, 0.1) is 18.2 Å². The Morgan fingerprint density at radius 1 is 1.43 bits per heavy atom. The summed E-state index contributed by atoms with van der Waals surface area (Å²) in [6.45, 7) is 0. The average Bonchev–Trinajstić information content (AvgIpc) is 2.55. The molecule has 7 nitrogen and oxygen atoms in total. The van der Waals surface area contributed by atoms with Crippen LogP contribution >= 0.6 is 12.2 Å². The van der Waals surface area contributed by atoms with E-state index in [1.54, 1.807) is 6.07 Å². The standard InChI is InChI=1S/C15H20N4O3S/c1-22-14-8-7-11(9-13(14)19(20)21)10-16-18-15(23)17-12-5-3-2-4-6-12/h7-10,12H,2-6H2,1H3,(H2,17,18,23)/b16-10-. The molecule has 1 saturated carbocycles. The van der Waals surface area contributed by atoms with E-state index in [-0.39, 0.29) is 11.4 Å². The van der Waals surface area contributed by atoms with E-state index >= 15 is 0 Å². The fraction of sp³-hybridized carbons (Fsp3) is 0.467. The van der Waals surface area contributed by atoms with Gasteiger partial charge in [0.2, 0.25) is 0 Å². The van der Waals surface area contributed by atoms with Crippen LogP contribution < -0.4 is 15.5 Å². The molecule has 0 radical (unpaired) electrons. The van der Waals surface area contributed by atoms with Gasteiger partial charge in [-0.1, -0.05) is 19.3 Å². The van der Waals surface area contributed by atoms with E-state index in [2.05, 4.69) is 15.8 Å². The van der Waals surface area contributed by atoms with Crippen molar-refractivity contribution in [1.82, 2.24) is 10.7 Å². The molecule has 8 heteroatoms. The van der Waals surface area contributed by atoms with E-state index in [1.165, 1.54) is 44.7 Å². The van der Waals surface area contributed by atoms with Gasteiger partial charge in [-0.2, -0.15) is 5.10 Å². The lowest BCUT2D eigenvalue weighted by atomic mass is 9.96. The largest absolute Gasteiger partial charge is 0.490 e. The minimum atomic E-state index is -0.487. The smallest absolute Gasteiger partial charge is 0.311 e. The zero-order valence-electron chi connectivity index (χ0n) is 12.9. The van der Waals surface area contributed by atoms with Crippen LogP contribution in [0.25, 0.3) is 0 Å². The van der Waals surface area contributed by atoms with E-state index in [0.29, 0.717) is 16.7 Å². The van der Waals surface area contributed by atoms with Crippen molar-refractivity contribution in [3.63, 3.8) is 0 Å². The first-order valence-electron chi connectivity index (χ1n) is 7.52. The molecule has 1 fully saturated rings. The van der Waals surface area contributed by atoms with Gasteiger partial charge in [-0.25, -0.2) is 0 Å². The summed E-state index contributed by atoms with van der Waals surface area (Å²) in [4.78, 5) is 10.5. The second-order valence-corrected chi connectivity index (χ2v) is 5.78. The van der Waals surface area contributed by atoms with E-state index in [1.807, 2.05) is 0 Å². The Balaban J connectivity index is 1.90. The summed E-state index contributed by atoms with van der Waals surface area (Å²) in [6.07, 6.45) is 7.46. The number of thiocarbonyl (C=S) groups is 1. The molecule has 2 rings (SSSR count). The average molecular weight is 336 g/mol. The van der Waals surface area contributed by atoms with Crippen molar-refractivity contribution in [3.8, 4) is 5.75 Å². The number of nitro benzene ring substituents is 1. The minimum absolute atomic E-state index is 0.0978. The molecule has 0 aromatic heterocycles. The van der Waals surface area contributed by atoms with Gasteiger partial charge in [0.15, 0.2) is 10.9 Å². The number of nitrogens with zero attached hydrogens (tertiary/aromatic N) is 2. The predicted molar refractivity (Wildman–Crippen MR) is 93.0 cm³/mol. The van der Waals surface area contributed by atoms with Gasteiger partial charge in [-0.05, 0) is 37.2 Å². The third-order valence-corrected chi connectivity index (χ3v) is 3.93. The molecule has 2 N–H and O–H groups in total. The third-order valence-electron chi connectivity index (χ3n) is 3.72. The lowest BCUT2D eigenvalue weighted by Crippen LogP contribution is -2.40. The first-order valence-corrected chi connectivity index (χ1v) is 7.93. The topological polar surface area (TPSA) is 88.8 Å². The maximum absolute atomic E-state index is 11.0. The zero-order valence-corrected chi connectivity index (χ0v) is 13.8. The highest BCUT2D eigenvalue weighted by Gasteiger charge is 2.15. The van der Waals surface area contributed by atoms with Gasteiger partial charge < -0.3 is 10.1 Å². The molecule has 0 unspecified atom stereocenters. The summed E-state index contributed by atoms with van der Waals surface area (Å²) >= 11 is 5.19. The Bertz CT molecular complexity index is 600. The number of nitro groups is 1. The molecular weight excluding hydrogens is 316 g/mol. The molecule has 1 aromatic carbocycles. The molecule has 0 bridgehead atoms. The molecule has 1 aliphatic rings. The lowest BCUT2D eigenvalue weighted by molar-refractivity contribution is -0.385. The Morgan fingerprint density at radius 2 is 2.17 bits per heavy atom. The number of hydrazone groups is 1. The van der Waals surface area contributed by atoms with Crippen LogP contribution in [0.2, 0.25) is 0 Å². The summed E-state index contributed by atoms with van der Waals surface area (Å²) in [6, 6.07) is 5.04. The Labute approximate surface area is 140 Å². The molecule has 23 heavy (non-hydrogen) atoms. The number of methoxy groups -OCH3 is 1. The molecule has 124 valence electrons. The highest BCUT2D eigenvalue weighted by atomic mass is 32.1. The van der Waals surface area contributed by atoms with Crippen LogP contribution in [0.3, 0.4) is 0 Å². The molecule has 1 aliphatic carbocycles. The second kappa shape index (κ2) is 8.42. The van der Waals surface area contributed by atoms with E-state index < -0.39 is 4.92 Å². The van der Waals surface area contributed by atoms with Crippen LogP contribution in [0, 0.1) is 10.1 Å². The molecule has 0 heterocycles. The van der Waals surface area contributed by atoms with Crippen LogP contribution in [0.15, 0.2) is 23.3 Å². The normalized spacial score (nSPS) is 15.3. The fourth-order valence-electron chi connectivity index (χ4n) is 2.56. The zero-order chi connectivity index (χ0) is 16.7. The molecule has 1 aromatic rings. The number of benzene rings is 1. The predicted octanol–water partition coefficient (Wildman–Crippen LogP) is 2.73. The van der Waals surface area contributed by atoms with Crippen LogP contribution in [-0.2, 0) is 0 Å². The summed E-state index contributed by atoms with van der Waals surface area (Å²) in [5, 5.41) is 18.7. The number of hydrogen-bond donors (Lipinski definition) is 2. The summed E-state index contributed by atoms with van der Waals surface area (Å²) < 4.78 is 4.96. The number of ether oxygens (including phenoxy) is 1. The van der Waals surface area contributed by atoms with Crippen molar-refractivity contribution in [2.45, 2.75) is 38.1 Å². The van der Waals surface area contributed by atoms with E-state index in [9.17, 15) is 10.1 Å². The molecule has 0 amide bonds. The van der Waals surface area contributed by atoms with Crippen molar-refractivity contribution < 1.29 is 9.66 Å². The molecule has 0 spiro atoms. The van der Waals surface area contributed by atoms with Crippen molar-refractivity contribution in [1.29, 1.82) is 0 Å². The third kappa shape index (κ3) is 5.17. The van der Waals surface area contributed by atoms with Gasteiger partial charge in [0.25, 0.3) is 0 Å². The van der Waals surface area contributed by atoms with Crippen LogP contribution in [0.5, 0.6) is 5.75 Å². The molecule has 0 aliphatic heterocycles. The molecular formula is C15H20N4O3S. The molecule has 0 atom stereocenters. The monoisotopic (exact) mass is 336 g/mol. The Kier molecular flexibility index (Phi) is 6.28. The van der Waals surface area contributed by atoms with Crippen molar-refractivity contribution >= 4 is 29.2 Å². The van der Waals surface area contributed by atoms with Gasteiger partial charge in [0, 0.05) is 17.7 Å². The second-order valence-electron chi connectivity index (χ2n) is 5.37. The fourth-order valence-corrected chi connectivity index (χ4v) is 2.78. The minimum Gasteiger partial charge on any atom is -0.490 e. The Hall–Kier alpha value is -2.22. The lowest BCUT2D eigenvalue weighted by Gasteiger charge is -2.23. The van der Waals surface area contributed by atoms with Crippen LogP contribution in [0.1, 0.15) is 37.7 Å². The number of hydrogen-bond acceptors (Lipinski definition) is 5. The number of rotatable bonds is 5. The maximum Gasteiger partial charge on any atom is 0.311 e. The highest BCUT2D eigenvalue weighted by Crippen LogP contribution is 2.26. The SMILES string of the molecule is COc1ccc(/C=N\NC(=S)NC2CCCCC2)cc1[N+](=O)[O-]. The Morgan fingerprint density at radius 3 is 2.83 bits per heavy atom. The molecule has 0 saturated heterocycles. The summed E-state index contributed by atoms with van der Waals surface area (Å²) in [5.41, 5.74) is 3.23. The maximum atomic E-state index is 11.0. The van der Waals surface area contributed by atoms with Crippen molar-refractivity contribution in [2.75, 3.05) is 7.11 Å². The van der Waals surface area contributed by atoms with Crippen LogP contribution in [-0.4, -0.2) is 29.4 Å². The van der Waals surface area contributed by atoms with Crippen LogP contribution in [0.4, 0.5) is 5.69 Å². The first kappa shape index (κ1) is 17.1. The van der Waals surface area contributed by atoms with E-state index in [0.717, 1.165) is 12.8 Å². The van der Waals surface area contributed by atoms with Crippen molar-refractivity contribution in [3.05, 3.63) is 33.9 Å². The first-order chi connectivity index (χ1) is 11.1. The summed E-state index contributed by atoms with van der Waals surface area (Å²) in [7, 11) is 1.40. The van der Waals surface area contributed by atoms with Gasteiger partial charge in [-0.15, -0.1) is 0 Å².